The molecule has 0 aliphatic carbocycles. The minimum Gasteiger partial charge on any atom is -0.493 e. The Morgan fingerprint density at radius 1 is 1.07 bits per heavy atom. The zero-order chi connectivity index (χ0) is 21.3. The molecule has 0 spiro atoms. The Morgan fingerprint density at radius 3 is 2.50 bits per heavy atom. The number of nitrogens with zero attached hydrogens (tertiary/aromatic N) is 2. The fraction of sp³-hybridized carbons (Fsp3) is 0.480. The molecule has 0 saturated carbocycles. The quantitative estimate of drug-likeness (QED) is 0.680. The molecular formula is C25H35N3O2. The normalized spacial score (nSPS) is 15.3. The van der Waals surface area contributed by atoms with Crippen LogP contribution in [0.1, 0.15) is 37.3 Å². The van der Waals surface area contributed by atoms with Crippen LogP contribution in [0.15, 0.2) is 48.5 Å². The Balaban J connectivity index is 1.40. The van der Waals surface area contributed by atoms with Crippen molar-refractivity contribution in [2.24, 2.45) is 0 Å². The molecule has 1 fully saturated rings. The molecule has 0 bridgehead atoms. The maximum Gasteiger partial charge on any atom is 0.227 e. The van der Waals surface area contributed by atoms with Crippen molar-refractivity contribution in [3.05, 3.63) is 59.7 Å². The number of likely N-dealkylation sites (N-methyl/N-ethyl adjacent to an activating group) is 1. The number of ether oxygens (including phenoxy) is 1. The fourth-order valence-corrected chi connectivity index (χ4v) is 3.60. The van der Waals surface area contributed by atoms with E-state index >= 15 is 0 Å². The molecule has 1 aliphatic rings. The van der Waals surface area contributed by atoms with E-state index in [1.165, 1.54) is 11.1 Å². The summed E-state index contributed by atoms with van der Waals surface area (Å²) in [5.74, 6) is 1.28. The number of anilines is 1. The van der Waals surface area contributed by atoms with Gasteiger partial charge in [-0.1, -0.05) is 38.1 Å². The highest BCUT2D eigenvalue weighted by Gasteiger charge is 2.13. The molecule has 2 aromatic rings. The SMILES string of the molecule is CC(C)c1ccc(OCCC(=O)Nc2cccc(CCN3CCN(C)CC3)c2)cc1. The number of benzene rings is 2. The fourth-order valence-electron chi connectivity index (χ4n) is 3.60. The average Bonchev–Trinajstić information content (AvgIpc) is 2.74. The maximum atomic E-state index is 12.3. The maximum absolute atomic E-state index is 12.3. The second-order valence-corrected chi connectivity index (χ2v) is 8.47. The summed E-state index contributed by atoms with van der Waals surface area (Å²) in [6, 6.07) is 16.3. The van der Waals surface area contributed by atoms with Crippen LogP contribution in [0.25, 0.3) is 0 Å². The van der Waals surface area contributed by atoms with Crippen LogP contribution in [0, 0.1) is 0 Å². The molecule has 1 N–H and O–H groups in total. The van der Waals surface area contributed by atoms with Crippen LogP contribution in [0.5, 0.6) is 5.75 Å². The number of nitrogens with one attached hydrogen (secondary N) is 1. The summed E-state index contributed by atoms with van der Waals surface area (Å²) in [5.41, 5.74) is 3.40. The van der Waals surface area contributed by atoms with Gasteiger partial charge in [0.1, 0.15) is 5.75 Å². The summed E-state index contributed by atoms with van der Waals surface area (Å²) >= 11 is 0. The largest absolute Gasteiger partial charge is 0.493 e. The molecule has 0 unspecified atom stereocenters. The molecule has 5 nitrogen and oxygen atoms in total. The lowest BCUT2D eigenvalue weighted by atomic mass is 10.0. The highest BCUT2D eigenvalue weighted by Crippen LogP contribution is 2.19. The van der Waals surface area contributed by atoms with E-state index in [2.05, 4.69) is 60.3 Å². The van der Waals surface area contributed by atoms with Crippen molar-refractivity contribution in [3.8, 4) is 5.75 Å². The Bertz CT molecular complexity index is 796. The Labute approximate surface area is 181 Å². The zero-order valence-corrected chi connectivity index (χ0v) is 18.6. The molecule has 1 amide bonds. The van der Waals surface area contributed by atoms with Crippen molar-refractivity contribution < 1.29 is 9.53 Å². The molecular weight excluding hydrogens is 374 g/mol. The van der Waals surface area contributed by atoms with Gasteiger partial charge in [0.15, 0.2) is 0 Å². The first kappa shape index (κ1) is 22.3. The average molecular weight is 410 g/mol. The van der Waals surface area contributed by atoms with Gasteiger partial charge in [0, 0.05) is 38.4 Å². The third kappa shape index (κ3) is 7.15. The van der Waals surface area contributed by atoms with E-state index < -0.39 is 0 Å². The lowest BCUT2D eigenvalue weighted by molar-refractivity contribution is -0.116. The molecule has 2 aromatic carbocycles. The van der Waals surface area contributed by atoms with Gasteiger partial charge in [0.25, 0.3) is 0 Å². The highest BCUT2D eigenvalue weighted by molar-refractivity contribution is 5.90. The van der Waals surface area contributed by atoms with Gasteiger partial charge in [-0.15, -0.1) is 0 Å². The first-order chi connectivity index (χ1) is 14.5. The van der Waals surface area contributed by atoms with Gasteiger partial charge in [0.2, 0.25) is 5.91 Å². The number of carbonyl (C=O) groups excluding carboxylic acids is 1. The summed E-state index contributed by atoms with van der Waals surface area (Å²) in [7, 11) is 2.18. The summed E-state index contributed by atoms with van der Waals surface area (Å²) in [6.45, 7) is 10.3. The zero-order valence-electron chi connectivity index (χ0n) is 18.6. The molecule has 30 heavy (non-hydrogen) atoms. The number of amides is 1. The van der Waals surface area contributed by atoms with Crippen LogP contribution in [0.2, 0.25) is 0 Å². The number of rotatable bonds is 9. The predicted molar refractivity (Wildman–Crippen MR) is 123 cm³/mol. The first-order valence-electron chi connectivity index (χ1n) is 11.0. The van der Waals surface area contributed by atoms with Crippen LogP contribution in [0.3, 0.4) is 0 Å². The van der Waals surface area contributed by atoms with E-state index in [0.717, 1.165) is 50.6 Å². The number of hydrogen-bond donors (Lipinski definition) is 1. The Hall–Kier alpha value is -2.37. The third-order valence-electron chi connectivity index (χ3n) is 5.67. The predicted octanol–water partition coefficient (Wildman–Crippen LogP) is 4.01. The van der Waals surface area contributed by atoms with Crippen LogP contribution in [0.4, 0.5) is 5.69 Å². The summed E-state index contributed by atoms with van der Waals surface area (Å²) in [4.78, 5) is 17.2. The van der Waals surface area contributed by atoms with Gasteiger partial charge in [-0.05, 0) is 54.8 Å². The first-order valence-corrected chi connectivity index (χ1v) is 11.0. The van der Waals surface area contributed by atoms with E-state index in [9.17, 15) is 4.79 Å². The second-order valence-electron chi connectivity index (χ2n) is 8.47. The van der Waals surface area contributed by atoms with Crippen LogP contribution < -0.4 is 10.1 Å². The van der Waals surface area contributed by atoms with Gasteiger partial charge < -0.3 is 19.9 Å². The van der Waals surface area contributed by atoms with Crippen molar-refractivity contribution >= 4 is 11.6 Å². The van der Waals surface area contributed by atoms with Gasteiger partial charge in [-0.25, -0.2) is 0 Å². The van der Waals surface area contributed by atoms with Crippen molar-refractivity contribution in [1.82, 2.24) is 9.80 Å². The standard InChI is InChI=1S/C25H35N3O2/c1-20(2)22-7-9-24(10-8-22)30-18-12-25(29)26-23-6-4-5-21(19-23)11-13-28-16-14-27(3)15-17-28/h4-10,19-20H,11-18H2,1-3H3,(H,26,29). The topological polar surface area (TPSA) is 44.8 Å². The van der Waals surface area contributed by atoms with E-state index in [4.69, 9.17) is 4.74 Å². The summed E-state index contributed by atoms with van der Waals surface area (Å²) < 4.78 is 5.72. The molecule has 1 heterocycles. The lowest BCUT2D eigenvalue weighted by Crippen LogP contribution is -2.45. The van der Waals surface area contributed by atoms with Crippen LogP contribution in [-0.4, -0.2) is 62.1 Å². The van der Waals surface area contributed by atoms with Crippen molar-refractivity contribution in [2.75, 3.05) is 51.7 Å². The molecule has 0 radical (unpaired) electrons. The molecule has 5 heteroatoms. The summed E-state index contributed by atoms with van der Waals surface area (Å²) in [5, 5.41) is 3.00. The molecule has 1 saturated heterocycles. The number of hydrogen-bond acceptors (Lipinski definition) is 4. The van der Waals surface area contributed by atoms with Gasteiger partial charge in [0.05, 0.1) is 13.0 Å². The van der Waals surface area contributed by atoms with Crippen molar-refractivity contribution in [2.45, 2.75) is 32.6 Å². The van der Waals surface area contributed by atoms with Crippen molar-refractivity contribution in [1.29, 1.82) is 0 Å². The van der Waals surface area contributed by atoms with E-state index in [1.54, 1.807) is 0 Å². The summed E-state index contributed by atoms with van der Waals surface area (Å²) in [6.07, 6.45) is 1.33. The highest BCUT2D eigenvalue weighted by atomic mass is 16.5. The van der Waals surface area contributed by atoms with Gasteiger partial charge >= 0.3 is 0 Å². The van der Waals surface area contributed by atoms with Gasteiger partial charge in [-0.2, -0.15) is 0 Å². The monoisotopic (exact) mass is 409 g/mol. The smallest absolute Gasteiger partial charge is 0.227 e. The molecule has 162 valence electrons. The molecule has 0 aromatic heterocycles. The second kappa shape index (κ2) is 11.1. The minimum absolute atomic E-state index is 0.0231. The molecule has 3 rings (SSSR count). The van der Waals surface area contributed by atoms with Crippen LogP contribution in [-0.2, 0) is 11.2 Å². The number of carbonyl (C=O) groups is 1. The number of piperazine rings is 1. The Morgan fingerprint density at radius 2 is 1.80 bits per heavy atom. The Kier molecular flexibility index (Phi) is 8.29. The minimum atomic E-state index is -0.0231. The molecule has 1 aliphatic heterocycles. The van der Waals surface area contributed by atoms with E-state index in [0.29, 0.717) is 18.9 Å². The van der Waals surface area contributed by atoms with Crippen LogP contribution >= 0.6 is 0 Å². The lowest BCUT2D eigenvalue weighted by Gasteiger charge is -2.32. The van der Waals surface area contributed by atoms with E-state index in [-0.39, 0.29) is 5.91 Å². The van der Waals surface area contributed by atoms with E-state index in [1.807, 2.05) is 24.3 Å². The van der Waals surface area contributed by atoms with Gasteiger partial charge in [-0.3, -0.25) is 4.79 Å². The molecule has 0 atom stereocenters. The third-order valence-corrected chi connectivity index (χ3v) is 5.67. The van der Waals surface area contributed by atoms with Crippen molar-refractivity contribution in [3.63, 3.8) is 0 Å².